The lowest BCUT2D eigenvalue weighted by atomic mass is 10.0. The highest BCUT2D eigenvalue weighted by molar-refractivity contribution is 6.12. The van der Waals surface area contributed by atoms with Gasteiger partial charge in [-0.3, -0.25) is 14.4 Å². The molecule has 0 radical (unpaired) electrons. The van der Waals surface area contributed by atoms with Crippen molar-refractivity contribution in [1.29, 1.82) is 0 Å². The molecule has 2 heterocycles. The third-order valence-corrected chi connectivity index (χ3v) is 5.71. The normalized spacial score (nSPS) is 18.4. The molecule has 2 aromatic carbocycles. The first-order valence-electron chi connectivity index (χ1n) is 10.2. The molecular formula is C23H25N3O4. The van der Waals surface area contributed by atoms with E-state index in [4.69, 9.17) is 4.74 Å². The van der Waals surface area contributed by atoms with Gasteiger partial charge in [-0.1, -0.05) is 30.3 Å². The van der Waals surface area contributed by atoms with Gasteiger partial charge in [0.25, 0.3) is 5.91 Å². The van der Waals surface area contributed by atoms with E-state index in [-0.39, 0.29) is 24.3 Å². The number of carbonyl (C=O) groups is 3. The molecule has 0 unspecified atom stereocenters. The Kier molecular flexibility index (Phi) is 5.70. The van der Waals surface area contributed by atoms with Gasteiger partial charge in [-0.2, -0.15) is 0 Å². The van der Waals surface area contributed by atoms with Crippen molar-refractivity contribution in [1.82, 2.24) is 10.2 Å². The summed E-state index contributed by atoms with van der Waals surface area (Å²) in [5, 5.41) is 2.86. The fourth-order valence-corrected chi connectivity index (χ4v) is 4.18. The largest absolute Gasteiger partial charge is 0.496 e. The van der Waals surface area contributed by atoms with E-state index in [0.29, 0.717) is 36.5 Å². The third-order valence-electron chi connectivity index (χ3n) is 5.71. The highest BCUT2D eigenvalue weighted by Gasteiger charge is 2.40. The smallest absolute Gasteiger partial charge is 0.256 e. The zero-order valence-electron chi connectivity index (χ0n) is 17.0. The molecular weight excluding hydrogens is 382 g/mol. The summed E-state index contributed by atoms with van der Waals surface area (Å²) in [5.41, 5.74) is 1.81. The Morgan fingerprint density at radius 2 is 1.87 bits per heavy atom. The number of methoxy groups -OCH3 is 1. The van der Waals surface area contributed by atoms with Crippen LogP contribution in [0.3, 0.4) is 0 Å². The molecule has 2 aliphatic rings. The van der Waals surface area contributed by atoms with E-state index in [0.717, 1.165) is 18.4 Å². The predicted octanol–water partition coefficient (Wildman–Crippen LogP) is 2.35. The second kappa shape index (κ2) is 8.57. The van der Waals surface area contributed by atoms with Crippen molar-refractivity contribution < 1.29 is 19.1 Å². The van der Waals surface area contributed by atoms with Crippen LogP contribution in [0, 0.1) is 0 Å². The maximum atomic E-state index is 13.3. The van der Waals surface area contributed by atoms with Crippen molar-refractivity contribution in [2.24, 2.45) is 0 Å². The SMILES string of the molecule is COc1ccccc1CNC(=O)CN1C(=O)[C@@H]2CCCCN2C(=O)c2ccccc21. The van der Waals surface area contributed by atoms with Crippen molar-refractivity contribution in [3.63, 3.8) is 0 Å². The van der Waals surface area contributed by atoms with E-state index in [1.165, 1.54) is 4.90 Å². The first kappa shape index (κ1) is 19.9. The summed E-state index contributed by atoms with van der Waals surface area (Å²) in [5.74, 6) is 0.0687. The van der Waals surface area contributed by atoms with Gasteiger partial charge in [-0.05, 0) is 37.5 Å². The molecule has 1 fully saturated rings. The molecule has 7 nitrogen and oxygen atoms in total. The topological polar surface area (TPSA) is 79.0 Å². The van der Waals surface area contributed by atoms with E-state index in [2.05, 4.69) is 5.32 Å². The zero-order chi connectivity index (χ0) is 21.1. The van der Waals surface area contributed by atoms with Gasteiger partial charge in [0.05, 0.1) is 18.4 Å². The number of amides is 3. The third kappa shape index (κ3) is 3.75. The second-order valence-electron chi connectivity index (χ2n) is 7.54. The Labute approximate surface area is 175 Å². The molecule has 1 N–H and O–H groups in total. The molecule has 0 bridgehead atoms. The molecule has 30 heavy (non-hydrogen) atoms. The van der Waals surface area contributed by atoms with E-state index < -0.39 is 6.04 Å². The predicted molar refractivity (Wildman–Crippen MR) is 112 cm³/mol. The molecule has 4 rings (SSSR count). The quantitative estimate of drug-likeness (QED) is 0.825. The average Bonchev–Trinajstić information content (AvgIpc) is 2.88. The zero-order valence-corrected chi connectivity index (χ0v) is 17.0. The van der Waals surface area contributed by atoms with Gasteiger partial charge >= 0.3 is 0 Å². The van der Waals surface area contributed by atoms with Gasteiger partial charge in [0.1, 0.15) is 18.3 Å². The Bertz CT molecular complexity index is 974. The van der Waals surface area contributed by atoms with Crippen molar-refractivity contribution in [3.05, 3.63) is 59.7 Å². The maximum Gasteiger partial charge on any atom is 0.256 e. The lowest BCUT2D eigenvalue weighted by Gasteiger charge is -2.34. The van der Waals surface area contributed by atoms with E-state index in [1.54, 1.807) is 36.3 Å². The standard InChI is InChI=1S/C23H25N3O4/c1-30-20-12-5-2-8-16(20)14-24-21(27)15-26-18-10-4-3-9-17(18)22(28)25-13-7-6-11-19(25)23(26)29/h2-5,8-10,12,19H,6-7,11,13-15H2,1H3,(H,24,27)/t19-/m0/s1. The minimum Gasteiger partial charge on any atom is -0.496 e. The number of hydrogen-bond acceptors (Lipinski definition) is 4. The van der Waals surface area contributed by atoms with Crippen LogP contribution < -0.4 is 15.0 Å². The summed E-state index contributed by atoms with van der Waals surface area (Å²) in [6.45, 7) is 0.723. The van der Waals surface area contributed by atoms with Gasteiger partial charge in [0, 0.05) is 18.7 Å². The number of carbonyl (C=O) groups excluding carboxylic acids is 3. The molecule has 0 aliphatic carbocycles. The summed E-state index contributed by atoms with van der Waals surface area (Å²) in [6, 6.07) is 14.0. The number of fused-ring (bicyclic) bond motifs is 2. The molecule has 0 spiro atoms. The number of piperidine rings is 1. The van der Waals surface area contributed by atoms with Crippen molar-refractivity contribution in [2.45, 2.75) is 31.8 Å². The lowest BCUT2D eigenvalue weighted by Crippen LogP contribution is -2.52. The number of benzene rings is 2. The highest BCUT2D eigenvalue weighted by atomic mass is 16.5. The summed E-state index contributed by atoms with van der Waals surface area (Å²) < 4.78 is 5.32. The minimum absolute atomic E-state index is 0.136. The molecule has 2 aromatic rings. The number of rotatable bonds is 5. The van der Waals surface area contributed by atoms with Crippen LogP contribution in [0.25, 0.3) is 0 Å². The number of hydrogen-bond donors (Lipinski definition) is 1. The molecule has 1 saturated heterocycles. The lowest BCUT2D eigenvalue weighted by molar-refractivity contribution is -0.126. The molecule has 7 heteroatoms. The van der Waals surface area contributed by atoms with Crippen molar-refractivity contribution >= 4 is 23.4 Å². The number of nitrogens with one attached hydrogen (secondary N) is 1. The van der Waals surface area contributed by atoms with Gasteiger partial charge in [-0.15, -0.1) is 0 Å². The molecule has 156 valence electrons. The average molecular weight is 407 g/mol. The Morgan fingerprint density at radius 1 is 1.10 bits per heavy atom. The van der Waals surface area contributed by atoms with Gasteiger partial charge in [0.15, 0.2) is 0 Å². The first-order chi connectivity index (χ1) is 14.6. The van der Waals surface area contributed by atoms with Crippen LogP contribution in [0.5, 0.6) is 5.75 Å². The Hall–Kier alpha value is -3.35. The van der Waals surface area contributed by atoms with Crippen LogP contribution in [0.1, 0.15) is 35.2 Å². The highest BCUT2D eigenvalue weighted by Crippen LogP contribution is 2.31. The van der Waals surface area contributed by atoms with Crippen molar-refractivity contribution in [2.75, 3.05) is 25.1 Å². The number of ether oxygens (including phenoxy) is 1. The molecule has 0 aromatic heterocycles. The fraction of sp³-hybridized carbons (Fsp3) is 0.348. The van der Waals surface area contributed by atoms with E-state index in [9.17, 15) is 14.4 Å². The number of anilines is 1. The monoisotopic (exact) mass is 407 g/mol. The van der Waals surface area contributed by atoms with Crippen LogP contribution in [0.2, 0.25) is 0 Å². The summed E-state index contributed by atoms with van der Waals surface area (Å²) in [7, 11) is 1.58. The fourth-order valence-electron chi connectivity index (χ4n) is 4.18. The maximum absolute atomic E-state index is 13.3. The Balaban J connectivity index is 1.56. The number of nitrogens with zero attached hydrogens (tertiary/aromatic N) is 2. The molecule has 2 aliphatic heterocycles. The summed E-state index contributed by atoms with van der Waals surface area (Å²) >= 11 is 0. The van der Waals surface area contributed by atoms with Crippen LogP contribution >= 0.6 is 0 Å². The van der Waals surface area contributed by atoms with Crippen LogP contribution in [-0.2, 0) is 16.1 Å². The van der Waals surface area contributed by atoms with Crippen LogP contribution in [0.15, 0.2) is 48.5 Å². The van der Waals surface area contributed by atoms with Gasteiger partial charge in [0.2, 0.25) is 11.8 Å². The van der Waals surface area contributed by atoms with E-state index >= 15 is 0 Å². The summed E-state index contributed by atoms with van der Waals surface area (Å²) in [4.78, 5) is 42.3. The number of para-hydroxylation sites is 2. The molecule has 0 saturated carbocycles. The molecule has 3 amide bonds. The van der Waals surface area contributed by atoms with Crippen LogP contribution in [-0.4, -0.2) is 48.9 Å². The first-order valence-corrected chi connectivity index (χ1v) is 10.2. The minimum atomic E-state index is -0.513. The summed E-state index contributed by atoms with van der Waals surface area (Å²) in [6.07, 6.45) is 2.40. The van der Waals surface area contributed by atoms with Gasteiger partial charge in [-0.25, -0.2) is 0 Å². The van der Waals surface area contributed by atoms with E-state index in [1.807, 2.05) is 24.3 Å². The van der Waals surface area contributed by atoms with Gasteiger partial charge < -0.3 is 19.9 Å². The molecule has 1 atom stereocenters. The van der Waals surface area contributed by atoms with Crippen molar-refractivity contribution in [3.8, 4) is 5.75 Å². The second-order valence-corrected chi connectivity index (χ2v) is 7.54. The Morgan fingerprint density at radius 3 is 2.70 bits per heavy atom. The van der Waals surface area contributed by atoms with Crippen LogP contribution in [0.4, 0.5) is 5.69 Å².